The monoisotopic (exact) mass is 442 g/mol. The number of hydrogen-bond acceptors (Lipinski definition) is 6. The first-order chi connectivity index (χ1) is 15.2. The molecule has 0 unspecified atom stereocenters. The molecule has 1 N–H and O–H groups in total. The van der Waals surface area contributed by atoms with Gasteiger partial charge in [0.2, 0.25) is 0 Å². The Morgan fingerprint density at radius 1 is 1.22 bits per heavy atom. The summed E-state index contributed by atoms with van der Waals surface area (Å²) in [6, 6.07) is 9.47. The van der Waals surface area contributed by atoms with E-state index in [1.54, 1.807) is 0 Å². The van der Waals surface area contributed by atoms with E-state index in [0.717, 1.165) is 6.07 Å². The molecule has 0 saturated carbocycles. The number of nitro groups is 1. The van der Waals surface area contributed by atoms with Crippen LogP contribution in [-0.2, 0) is 14.3 Å². The van der Waals surface area contributed by atoms with Crippen LogP contribution >= 0.6 is 0 Å². The van der Waals surface area contributed by atoms with Gasteiger partial charge >= 0.3 is 0 Å². The van der Waals surface area contributed by atoms with E-state index in [2.05, 4.69) is 0 Å². The molecule has 8 nitrogen and oxygen atoms in total. The number of hydrogen-bond donors (Lipinski definition) is 1. The second kappa shape index (κ2) is 9.69. The highest BCUT2D eigenvalue weighted by atomic mass is 19.1. The summed E-state index contributed by atoms with van der Waals surface area (Å²) in [5.74, 6) is -2.74. The lowest BCUT2D eigenvalue weighted by atomic mass is 9.95. The number of aliphatic hydroxyl groups is 1. The Morgan fingerprint density at radius 3 is 2.53 bits per heavy atom. The Kier molecular flexibility index (Phi) is 6.99. The largest absolute Gasteiger partial charge is 0.507 e. The van der Waals surface area contributed by atoms with Crippen molar-refractivity contribution in [2.75, 3.05) is 13.2 Å². The quantitative estimate of drug-likeness (QED) is 0.165. The van der Waals surface area contributed by atoms with Gasteiger partial charge < -0.3 is 14.7 Å². The first-order valence-corrected chi connectivity index (χ1v) is 10.1. The zero-order valence-corrected chi connectivity index (χ0v) is 17.7. The average molecular weight is 442 g/mol. The van der Waals surface area contributed by atoms with Crippen LogP contribution in [0.1, 0.15) is 37.4 Å². The molecule has 1 aliphatic rings. The molecule has 0 spiro atoms. The van der Waals surface area contributed by atoms with Crippen molar-refractivity contribution in [1.82, 2.24) is 4.90 Å². The Labute approximate surface area is 184 Å². The number of carbonyl (C=O) groups excluding carboxylic acids is 2. The van der Waals surface area contributed by atoms with E-state index in [4.69, 9.17) is 4.74 Å². The molecule has 2 aromatic rings. The van der Waals surface area contributed by atoms with Gasteiger partial charge in [-0.3, -0.25) is 19.7 Å². The fourth-order valence-electron chi connectivity index (χ4n) is 3.58. The SMILES string of the molecule is CC(C)OCCCN1C(=O)C(=O)C(=C(O)c2cccc([N+](=O)[O-])c2)[C@@H]1c1ccc(F)cc1. The van der Waals surface area contributed by atoms with Crippen molar-refractivity contribution in [3.63, 3.8) is 0 Å². The topological polar surface area (TPSA) is 110 Å². The number of nitro benzene ring substituents is 1. The van der Waals surface area contributed by atoms with E-state index in [0.29, 0.717) is 18.6 Å². The molecule has 1 fully saturated rings. The standard InChI is InChI=1S/C23H23FN2O6/c1-14(2)32-12-4-11-25-20(15-7-9-17(24)10-8-15)19(22(28)23(25)29)21(27)16-5-3-6-18(13-16)26(30)31/h3,5-10,13-14,20,27H,4,11-12H2,1-2H3/t20-/m0/s1. The van der Waals surface area contributed by atoms with Crippen molar-refractivity contribution >= 4 is 23.1 Å². The predicted molar refractivity (Wildman–Crippen MR) is 114 cm³/mol. The van der Waals surface area contributed by atoms with Gasteiger partial charge in [0.15, 0.2) is 0 Å². The number of halogens is 1. The molecule has 9 heteroatoms. The number of carbonyl (C=O) groups is 2. The maximum absolute atomic E-state index is 13.5. The highest BCUT2D eigenvalue weighted by Gasteiger charge is 2.45. The van der Waals surface area contributed by atoms with Crippen LogP contribution in [0.4, 0.5) is 10.1 Å². The third kappa shape index (κ3) is 4.83. The Bertz CT molecular complexity index is 1060. The number of rotatable bonds is 8. The van der Waals surface area contributed by atoms with Crippen LogP contribution in [0.3, 0.4) is 0 Å². The molecular formula is C23H23FN2O6. The molecule has 1 aliphatic heterocycles. The van der Waals surface area contributed by atoms with Gasteiger partial charge in [0.1, 0.15) is 11.6 Å². The van der Waals surface area contributed by atoms with Gasteiger partial charge in [0.25, 0.3) is 17.4 Å². The maximum Gasteiger partial charge on any atom is 0.295 e. The van der Waals surface area contributed by atoms with Crippen LogP contribution in [0.5, 0.6) is 0 Å². The van der Waals surface area contributed by atoms with Crippen molar-refractivity contribution in [2.24, 2.45) is 0 Å². The van der Waals surface area contributed by atoms with Gasteiger partial charge in [0.05, 0.1) is 22.6 Å². The second-order valence-electron chi connectivity index (χ2n) is 7.62. The first-order valence-electron chi connectivity index (χ1n) is 10.1. The molecule has 0 aliphatic carbocycles. The number of benzene rings is 2. The summed E-state index contributed by atoms with van der Waals surface area (Å²) in [6.07, 6.45) is 0.451. The van der Waals surface area contributed by atoms with Gasteiger partial charge in [-0.1, -0.05) is 24.3 Å². The maximum atomic E-state index is 13.5. The van der Waals surface area contributed by atoms with Crippen LogP contribution < -0.4 is 0 Å². The van der Waals surface area contributed by atoms with Crippen LogP contribution in [0.2, 0.25) is 0 Å². The lowest BCUT2D eigenvalue weighted by Gasteiger charge is -2.25. The van der Waals surface area contributed by atoms with E-state index in [1.807, 2.05) is 13.8 Å². The van der Waals surface area contributed by atoms with E-state index in [9.17, 15) is 29.2 Å². The van der Waals surface area contributed by atoms with Gasteiger partial charge in [-0.25, -0.2) is 4.39 Å². The van der Waals surface area contributed by atoms with Crippen LogP contribution in [0.25, 0.3) is 5.76 Å². The third-order valence-corrected chi connectivity index (χ3v) is 5.05. The van der Waals surface area contributed by atoms with E-state index in [-0.39, 0.29) is 29.5 Å². The molecule has 0 aromatic heterocycles. The summed E-state index contributed by atoms with van der Waals surface area (Å²) in [4.78, 5) is 37.5. The molecule has 32 heavy (non-hydrogen) atoms. The lowest BCUT2D eigenvalue weighted by molar-refractivity contribution is -0.384. The van der Waals surface area contributed by atoms with Crippen LogP contribution in [0, 0.1) is 15.9 Å². The number of ether oxygens (including phenoxy) is 1. The molecule has 2 aromatic carbocycles. The van der Waals surface area contributed by atoms with Gasteiger partial charge in [0, 0.05) is 30.8 Å². The zero-order chi connectivity index (χ0) is 23.4. The average Bonchev–Trinajstić information content (AvgIpc) is 3.01. The van der Waals surface area contributed by atoms with Gasteiger partial charge in [-0.05, 0) is 38.0 Å². The summed E-state index contributed by atoms with van der Waals surface area (Å²) in [6.45, 7) is 4.29. The molecule has 1 atom stereocenters. The number of likely N-dealkylation sites (tertiary alicyclic amines) is 1. The summed E-state index contributed by atoms with van der Waals surface area (Å²) in [5.41, 5.74) is -0.00543. The smallest absolute Gasteiger partial charge is 0.295 e. The number of ketones is 1. The Hall–Kier alpha value is -3.59. The number of aliphatic hydroxyl groups excluding tert-OH is 1. The molecule has 3 rings (SSSR count). The lowest BCUT2D eigenvalue weighted by Crippen LogP contribution is -2.31. The van der Waals surface area contributed by atoms with Crippen molar-refractivity contribution in [3.8, 4) is 0 Å². The van der Waals surface area contributed by atoms with Crippen molar-refractivity contribution in [2.45, 2.75) is 32.4 Å². The normalized spacial score (nSPS) is 17.9. The summed E-state index contributed by atoms with van der Waals surface area (Å²) in [5, 5.41) is 22.0. The number of Topliss-reactive ketones (excluding diaryl/α,β-unsaturated/α-hetero) is 1. The summed E-state index contributed by atoms with van der Waals surface area (Å²) >= 11 is 0. The van der Waals surface area contributed by atoms with Crippen LogP contribution in [-0.4, -0.2) is 45.9 Å². The number of non-ortho nitro benzene ring substituents is 1. The van der Waals surface area contributed by atoms with E-state index < -0.39 is 34.2 Å². The molecule has 1 amide bonds. The molecule has 1 saturated heterocycles. The molecule has 0 bridgehead atoms. The Morgan fingerprint density at radius 2 is 1.91 bits per heavy atom. The Balaban J connectivity index is 2.06. The highest BCUT2D eigenvalue weighted by molar-refractivity contribution is 6.46. The second-order valence-corrected chi connectivity index (χ2v) is 7.62. The molecule has 1 heterocycles. The predicted octanol–water partition coefficient (Wildman–Crippen LogP) is 3.97. The number of nitrogens with zero attached hydrogens (tertiary/aromatic N) is 2. The highest BCUT2D eigenvalue weighted by Crippen LogP contribution is 2.39. The third-order valence-electron chi connectivity index (χ3n) is 5.05. The molecular weight excluding hydrogens is 419 g/mol. The zero-order valence-electron chi connectivity index (χ0n) is 17.7. The molecule has 168 valence electrons. The molecule has 0 radical (unpaired) electrons. The van der Waals surface area contributed by atoms with Crippen LogP contribution in [0.15, 0.2) is 54.1 Å². The minimum Gasteiger partial charge on any atom is -0.507 e. The van der Waals surface area contributed by atoms with E-state index >= 15 is 0 Å². The van der Waals surface area contributed by atoms with Gasteiger partial charge in [-0.2, -0.15) is 0 Å². The van der Waals surface area contributed by atoms with Crippen molar-refractivity contribution in [3.05, 3.63) is 81.2 Å². The fraction of sp³-hybridized carbons (Fsp3) is 0.304. The fourth-order valence-corrected chi connectivity index (χ4v) is 3.58. The minimum atomic E-state index is -0.964. The van der Waals surface area contributed by atoms with E-state index in [1.165, 1.54) is 47.4 Å². The summed E-state index contributed by atoms with van der Waals surface area (Å²) < 4.78 is 19.0. The number of amides is 1. The van der Waals surface area contributed by atoms with Gasteiger partial charge in [-0.15, -0.1) is 0 Å². The minimum absolute atomic E-state index is 0.00665. The van der Waals surface area contributed by atoms with Crippen molar-refractivity contribution in [1.29, 1.82) is 0 Å². The first kappa shape index (κ1) is 23.1. The summed E-state index contributed by atoms with van der Waals surface area (Å²) in [7, 11) is 0. The van der Waals surface area contributed by atoms with Crippen molar-refractivity contribution < 1.29 is 28.7 Å².